The van der Waals surface area contributed by atoms with Gasteiger partial charge in [-0.25, -0.2) is 4.79 Å². The SMILES string of the molecule is O=C(Nc1ccc(Cl)cc1)N1CCC[C@@H]1Cn1cccn1. The molecule has 6 heteroatoms. The Hall–Kier alpha value is -2.01. The highest BCUT2D eigenvalue weighted by molar-refractivity contribution is 6.30. The Morgan fingerprint density at radius 3 is 2.90 bits per heavy atom. The molecule has 1 saturated heterocycles. The van der Waals surface area contributed by atoms with Gasteiger partial charge in [0.25, 0.3) is 0 Å². The van der Waals surface area contributed by atoms with Gasteiger partial charge in [0, 0.05) is 29.6 Å². The number of hydrogen-bond donors (Lipinski definition) is 1. The van der Waals surface area contributed by atoms with Gasteiger partial charge in [0.2, 0.25) is 0 Å². The molecule has 2 aromatic rings. The quantitative estimate of drug-likeness (QED) is 0.946. The summed E-state index contributed by atoms with van der Waals surface area (Å²) in [7, 11) is 0. The first-order chi connectivity index (χ1) is 10.2. The molecule has 0 unspecified atom stereocenters. The highest BCUT2D eigenvalue weighted by atomic mass is 35.5. The van der Waals surface area contributed by atoms with E-state index in [-0.39, 0.29) is 12.1 Å². The van der Waals surface area contributed by atoms with E-state index in [4.69, 9.17) is 11.6 Å². The molecular weight excluding hydrogens is 288 g/mol. The van der Waals surface area contributed by atoms with Crippen molar-refractivity contribution in [2.45, 2.75) is 25.4 Å². The fourth-order valence-electron chi connectivity index (χ4n) is 2.65. The molecule has 1 aromatic carbocycles. The molecule has 5 nitrogen and oxygen atoms in total. The van der Waals surface area contributed by atoms with Gasteiger partial charge in [-0.2, -0.15) is 5.10 Å². The van der Waals surface area contributed by atoms with E-state index in [1.54, 1.807) is 30.5 Å². The van der Waals surface area contributed by atoms with Crippen molar-refractivity contribution in [1.82, 2.24) is 14.7 Å². The summed E-state index contributed by atoms with van der Waals surface area (Å²) in [4.78, 5) is 14.3. The van der Waals surface area contributed by atoms with Gasteiger partial charge >= 0.3 is 6.03 Å². The van der Waals surface area contributed by atoms with Gasteiger partial charge in [-0.05, 0) is 43.2 Å². The van der Waals surface area contributed by atoms with Crippen LogP contribution in [-0.2, 0) is 6.54 Å². The van der Waals surface area contributed by atoms with Gasteiger partial charge in [-0.1, -0.05) is 11.6 Å². The van der Waals surface area contributed by atoms with Gasteiger partial charge in [-0.15, -0.1) is 0 Å². The predicted molar refractivity (Wildman–Crippen MR) is 82.4 cm³/mol. The van der Waals surface area contributed by atoms with Crippen LogP contribution in [0.2, 0.25) is 5.02 Å². The van der Waals surface area contributed by atoms with E-state index in [2.05, 4.69) is 10.4 Å². The van der Waals surface area contributed by atoms with Crippen LogP contribution in [-0.4, -0.2) is 33.3 Å². The molecule has 110 valence electrons. The zero-order chi connectivity index (χ0) is 14.7. The van der Waals surface area contributed by atoms with Crippen LogP contribution in [0.4, 0.5) is 10.5 Å². The summed E-state index contributed by atoms with van der Waals surface area (Å²) in [6.45, 7) is 1.52. The second-order valence-electron chi connectivity index (χ2n) is 5.15. The highest BCUT2D eigenvalue weighted by Crippen LogP contribution is 2.21. The van der Waals surface area contributed by atoms with Crippen molar-refractivity contribution < 1.29 is 4.79 Å². The van der Waals surface area contributed by atoms with Crippen LogP contribution in [0.3, 0.4) is 0 Å². The van der Waals surface area contributed by atoms with Gasteiger partial charge in [0.1, 0.15) is 0 Å². The molecule has 2 amide bonds. The molecule has 0 bridgehead atoms. The van der Waals surface area contributed by atoms with E-state index in [0.29, 0.717) is 5.02 Å². The Morgan fingerprint density at radius 2 is 2.19 bits per heavy atom. The number of aromatic nitrogens is 2. The Labute approximate surface area is 128 Å². The van der Waals surface area contributed by atoms with Crippen LogP contribution in [0.5, 0.6) is 0 Å². The molecule has 21 heavy (non-hydrogen) atoms. The highest BCUT2D eigenvalue weighted by Gasteiger charge is 2.29. The van der Waals surface area contributed by atoms with Crippen molar-refractivity contribution in [2.75, 3.05) is 11.9 Å². The number of carbonyl (C=O) groups excluding carboxylic acids is 1. The number of hydrogen-bond acceptors (Lipinski definition) is 2. The van der Waals surface area contributed by atoms with E-state index in [1.165, 1.54) is 0 Å². The zero-order valence-electron chi connectivity index (χ0n) is 11.6. The van der Waals surface area contributed by atoms with Crippen molar-refractivity contribution in [2.24, 2.45) is 0 Å². The second kappa shape index (κ2) is 6.18. The molecule has 0 radical (unpaired) electrons. The number of nitrogens with one attached hydrogen (secondary N) is 1. The summed E-state index contributed by atoms with van der Waals surface area (Å²) in [5.41, 5.74) is 0.758. The maximum Gasteiger partial charge on any atom is 0.322 e. The van der Waals surface area contributed by atoms with Crippen molar-refractivity contribution >= 4 is 23.3 Å². The van der Waals surface area contributed by atoms with Crippen LogP contribution in [0, 0.1) is 0 Å². The number of rotatable bonds is 3. The second-order valence-corrected chi connectivity index (χ2v) is 5.59. The largest absolute Gasteiger partial charge is 0.322 e. The molecule has 1 fully saturated rings. The normalized spacial score (nSPS) is 18.0. The smallest absolute Gasteiger partial charge is 0.320 e. The summed E-state index contributed by atoms with van der Waals surface area (Å²) in [6, 6.07) is 9.17. The number of likely N-dealkylation sites (tertiary alicyclic amines) is 1. The minimum absolute atomic E-state index is 0.0630. The number of halogens is 1. The summed E-state index contributed by atoms with van der Waals surface area (Å²) in [5, 5.41) is 7.79. The van der Waals surface area contributed by atoms with Gasteiger partial charge < -0.3 is 10.2 Å². The number of nitrogens with zero attached hydrogens (tertiary/aromatic N) is 3. The van der Waals surface area contributed by atoms with Crippen molar-refractivity contribution in [3.05, 3.63) is 47.7 Å². The lowest BCUT2D eigenvalue weighted by Crippen LogP contribution is -2.40. The lowest BCUT2D eigenvalue weighted by atomic mass is 10.2. The Bertz CT molecular complexity index is 597. The van der Waals surface area contributed by atoms with E-state index in [9.17, 15) is 4.79 Å². The van der Waals surface area contributed by atoms with Crippen molar-refractivity contribution in [1.29, 1.82) is 0 Å². The average Bonchev–Trinajstić information content (AvgIpc) is 3.13. The number of urea groups is 1. The predicted octanol–water partition coefficient (Wildman–Crippen LogP) is 3.23. The van der Waals surface area contributed by atoms with Gasteiger partial charge in [-0.3, -0.25) is 4.68 Å². The zero-order valence-corrected chi connectivity index (χ0v) is 12.3. The van der Waals surface area contributed by atoms with Crippen LogP contribution in [0.25, 0.3) is 0 Å². The molecule has 0 saturated carbocycles. The van der Waals surface area contributed by atoms with Crippen molar-refractivity contribution in [3.8, 4) is 0 Å². The van der Waals surface area contributed by atoms with Gasteiger partial charge in [0.05, 0.1) is 12.6 Å². The maximum atomic E-state index is 12.4. The lowest BCUT2D eigenvalue weighted by Gasteiger charge is -2.25. The number of amides is 2. The summed E-state index contributed by atoms with van der Waals surface area (Å²) in [5.74, 6) is 0. The number of benzene rings is 1. The van der Waals surface area contributed by atoms with E-state index in [0.717, 1.165) is 31.6 Å². The van der Waals surface area contributed by atoms with Crippen LogP contribution < -0.4 is 5.32 Å². The molecule has 2 heterocycles. The fraction of sp³-hybridized carbons (Fsp3) is 0.333. The Kier molecular flexibility index (Phi) is 4.10. The number of anilines is 1. The molecule has 1 N–H and O–H groups in total. The van der Waals surface area contributed by atoms with E-state index in [1.807, 2.05) is 21.8 Å². The Morgan fingerprint density at radius 1 is 1.38 bits per heavy atom. The molecule has 1 atom stereocenters. The molecule has 1 aliphatic rings. The third-order valence-electron chi connectivity index (χ3n) is 3.69. The third-order valence-corrected chi connectivity index (χ3v) is 3.94. The number of carbonyl (C=O) groups is 1. The van der Waals surface area contributed by atoms with E-state index >= 15 is 0 Å². The monoisotopic (exact) mass is 304 g/mol. The summed E-state index contributed by atoms with van der Waals surface area (Å²) in [6.07, 6.45) is 5.72. The molecular formula is C15H17ClN4O. The summed E-state index contributed by atoms with van der Waals surface area (Å²) >= 11 is 5.85. The van der Waals surface area contributed by atoms with Crippen LogP contribution in [0.15, 0.2) is 42.7 Å². The lowest BCUT2D eigenvalue weighted by molar-refractivity contribution is 0.199. The van der Waals surface area contributed by atoms with Crippen LogP contribution in [0.1, 0.15) is 12.8 Å². The summed E-state index contributed by atoms with van der Waals surface area (Å²) < 4.78 is 1.87. The molecule has 0 spiro atoms. The minimum Gasteiger partial charge on any atom is -0.320 e. The third kappa shape index (κ3) is 3.36. The van der Waals surface area contributed by atoms with Crippen molar-refractivity contribution in [3.63, 3.8) is 0 Å². The van der Waals surface area contributed by atoms with Gasteiger partial charge in [0.15, 0.2) is 0 Å². The molecule has 3 rings (SSSR count). The Balaban J connectivity index is 1.64. The maximum absolute atomic E-state index is 12.4. The first kappa shape index (κ1) is 13.9. The van der Waals surface area contributed by atoms with Crippen LogP contribution >= 0.6 is 11.6 Å². The standard InChI is InChI=1S/C15H17ClN4O/c16-12-4-6-13(7-5-12)18-15(21)20-10-1-3-14(20)11-19-9-2-8-17-19/h2,4-9,14H,1,3,10-11H2,(H,18,21)/t14-/m1/s1. The minimum atomic E-state index is -0.0630. The van der Waals surface area contributed by atoms with E-state index < -0.39 is 0 Å². The fourth-order valence-corrected chi connectivity index (χ4v) is 2.77. The average molecular weight is 305 g/mol. The first-order valence-electron chi connectivity index (χ1n) is 7.03. The molecule has 1 aromatic heterocycles. The molecule has 0 aliphatic carbocycles. The topological polar surface area (TPSA) is 50.2 Å². The first-order valence-corrected chi connectivity index (χ1v) is 7.41. The molecule has 1 aliphatic heterocycles.